The molecule has 340 valence electrons. The molecule has 2 aliphatic carbocycles. The maximum atomic E-state index is 15.2. The number of carbonyl (C=O) groups is 3. The first-order valence-electron chi connectivity index (χ1n) is 21.2. The third-order valence-corrected chi connectivity index (χ3v) is 14.5. The van der Waals surface area contributed by atoms with Gasteiger partial charge in [-0.25, -0.2) is 4.79 Å². The number of thioether (sulfide) groups is 1. The van der Waals surface area contributed by atoms with Gasteiger partial charge in [0, 0.05) is 58.7 Å². The highest BCUT2D eigenvalue weighted by molar-refractivity contribution is 8.28. The first kappa shape index (κ1) is 47.6. The van der Waals surface area contributed by atoms with Gasteiger partial charge in [-0.15, -0.1) is 21.2 Å². The maximum absolute atomic E-state index is 15.2. The van der Waals surface area contributed by atoms with Crippen LogP contribution in [0.1, 0.15) is 63.9 Å². The third kappa shape index (κ3) is 10.0. The fourth-order valence-corrected chi connectivity index (χ4v) is 10.5. The molecule has 2 fully saturated rings. The number of aliphatic hydroxyl groups excluding tert-OH is 1. The fraction of sp³-hybridized carbons (Fsp3) is 0.489. The number of amides is 1. The SMILES string of the molecule is COC(=O)NC1=C2C#C/C=C\C#C[C@H](OC3OC(C)C(SC)(C(=O)c4nccc5c4[nH]c4ccc(O)cc45)CC3OC3CCC(NC(C)C)C(C)O3)C2/C(=C\CS(C)=S)[C@@H](O)CC1=O. The lowest BCUT2D eigenvalue weighted by Crippen LogP contribution is -2.60. The Labute approximate surface area is 384 Å². The lowest BCUT2D eigenvalue weighted by Gasteiger charge is -2.48. The number of methoxy groups -OCH3 is 1. The Hall–Kier alpha value is -4.40. The van der Waals surface area contributed by atoms with Crippen LogP contribution in [0.5, 0.6) is 5.75 Å². The molecule has 0 bridgehead atoms. The van der Waals surface area contributed by atoms with Crippen LogP contribution in [0.3, 0.4) is 0 Å². The molecule has 11 atom stereocenters. The first-order valence-corrected chi connectivity index (χ1v) is 25.1. The summed E-state index contributed by atoms with van der Waals surface area (Å²) in [4.78, 5) is 49.8. The van der Waals surface area contributed by atoms with Gasteiger partial charge in [0.1, 0.15) is 28.4 Å². The van der Waals surface area contributed by atoms with Crippen molar-refractivity contribution in [2.75, 3.05) is 25.4 Å². The predicted molar refractivity (Wildman–Crippen MR) is 250 cm³/mol. The number of benzene rings is 1. The van der Waals surface area contributed by atoms with Crippen LogP contribution in [0, 0.1) is 29.6 Å². The van der Waals surface area contributed by atoms with Gasteiger partial charge in [0.25, 0.3) is 0 Å². The van der Waals surface area contributed by atoms with E-state index in [2.05, 4.69) is 58.1 Å². The van der Waals surface area contributed by atoms with Crippen molar-refractivity contribution in [3.63, 3.8) is 0 Å². The van der Waals surface area contributed by atoms with Gasteiger partial charge in [-0.2, -0.15) is 0 Å². The highest BCUT2D eigenvalue weighted by Crippen LogP contribution is 2.46. The summed E-state index contributed by atoms with van der Waals surface area (Å²) < 4.78 is 30.9. The van der Waals surface area contributed by atoms with Crippen molar-refractivity contribution in [3.05, 3.63) is 71.2 Å². The number of rotatable bonds is 12. The van der Waals surface area contributed by atoms with E-state index in [-0.39, 0.29) is 59.5 Å². The summed E-state index contributed by atoms with van der Waals surface area (Å²) >= 11 is 6.88. The van der Waals surface area contributed by atoms with Crippen molar-refractivity contribution < 1.29 is 48.3 Å². The molecule has 64 heavy (non-hydrogen) atoms. The van der Waals surface area contributed by atoms with Crippen molar-refractivity contribution in [2.24, 2.45) is 5.92 Å². The molecule has 3 aromatic rings. The summed E-state index contributed by atoms with van der Waals surface area (Å²) in [5.41, 5.74) is 1.89. The molecule has 0 spiro atoms. The Morgan fingerprint density at radius 1 is 1.16 bits per heavy atom. The zero-order chi connectivity index (χ0) is 45.9. The third-order valence-electron chi connectivity index (χ3n) is 12.0. The minimum absolute atomic E-state index is 0.0960. The van der Waals surface area contributed by atoms with Crippen LogP contribution in [0.4, 0.5) is 4.79 Å². The van der Waals surface area contributed by atoms with Gasteiger partial charge in [-0.05, 0) is 81.2 Å². The number of Topliss-reactive ketones (excluding diaryl/α,β-unsaturated/α-hetero) is 2. The molecule has 0 radical (unpaired) electrons. The van der Waals surface area contributed by atoms with E-state index in [0.29, 0.717) is 23.3 Å². The molecule has 7 rings (SSSR count). The number of aromatic hydroxyl groups is 1. The molecule has 1 aromatic carbocycles. The van der Waals surface area contributed by atoms with Crippen molar-refractivity contribution in [2.45, 2.75) is 113 Å². The van der Waals surface area contributed by atoms with Crippen LogP contribution in [0.25, 0.3) is 21.8 Å². The monoisotopic (exact) mass is 930 g/mol. The number of ketones is 2. The Morgan fingerprint density at radius 3 is 2.66 bits per heavy atom. The molecular weight excluding hydrogens is 877 g/mol. The number of H-pyrrole nitrogens is 1. The molecule has 4 aliphatic rings. The van der Waals surface area contributed by atoms with Crippen LogP contribution in [-0.4, -0.2) is 123 Å². The number of phenolic OH excluding ortho intramolecular Hbond substituents is 1. The molecule has 2 saturated heterocycles. The van der Waals surface area contributed by atoms with Crippen LogP contribution in [0.2, 0.25) is 0 Å². The number of aromatic amines is 1. The minimum atomic E-state index is -1.31. The van der Waals surface area contributed by atoms with Gasteiger partial charge < -0.3 is 44.2 Å². The highest BCUT2D eigenvalue weighted by atomic mass is 32.8. The van der Waals surface area contributed by atoms with E-state index in [4.69, 9.17) is 34.9 Å². The number of aromatic nitrogens is 2. The summed E-state index contributed by atoms with van der Waals surface area (Å²) in [5.74, 6) is 10.8. The molecule has 5 N–H and O–H groups in total. The summed E-state index contributed by atoms with van der Waals surface area (Å²) in [6, 6.07) is 7.13. The summed E-state index contributed by atoms with van der Waals surface area (Å²) in [5, 5.41) is 29.7. The van der Waals surface area contributed by atoms with Gasteiger partial charge in [-0.3, -0.25) is 19.9 Å². The minimum Gasteiger partial charge on any atom is -0.508 e. The van der Waals surface area contributed by atoms with E-state index in [9.17, 15) is 19.8 Å². The van der Waals surface area contributed by atoms with E-state index < -0.39 is 69.0 Å². The number of hydrogen-bond donors (Lipinski definition) is 5. The molecule has 17 heteroatoms. The van der Waals surface area contributed by atoms with Gasteiger partial charge >= 0.3 is 6.09 Å². The molecule has 0 saturated carbocycles. The van der Waals surface area contributed by atoms with Gasteiger partial charge in [0.15, 0.2) is 18.4 Å². The number of carbonyl (C=O) groups excluding carboxylic acids is 3. The zero-order valence-corrected chi connectivity index (χ0v) is 39.2. The highest BCUT2D eigenvalue weighted by Gasteiger charge is 2.55. The Balaban J connectivity index is 1.32. The second-order valence-electron chi connectivity index (χ2n) is 16.6. The normalized spacial score (nSPS) is 31.1. The Kier molecular flexibility index (Phi) is 15.2. The van der Waals surface area contributed by atoms with E-state index in [1.54, 1.807) is 42.6 Å². The average Bonchev–Trinajstić information content (AvgIpc) is 3.63. The molecule has 2 aliphatic heterocycles. The van der Waals surface area contributed by atoms with Gasteiger partial charge in [-0.1, -0.05) is 54.8 Å². The van der Waals surface area contributed by atoms with Crippen molar-refractivity contribution in [1.82, 2.24) is 20.6 Å². The average molecular weight is 931 g/mol. The molecule has 4 heterocycles. The lowest BCUT2D eigenvalue weighted by molar-refractivity contribution is -0.306. The summed E-state index contributed by atoms with van der Waals surface area (Å²) in [7, 11) is 0.670. The van der Waals surface area contributed by atoms with Crippen LogP contribution in [-0.2, 0) is 49.1 Å². The Morgan fingerprint density at radius 2 is 1.94 bits per heavy atom. The number of fused-ring (bicyclic) bond motifs is 4. The van der Waals surface area contributed by atoms with E-state index in [1.807, 2.05) is 26.4 Å². The number of phenols is 1. The molecule has 9 unspecified atom stereocenters. The number of nitrogens with zero attached hydrogens (tertiary/aromatic N) is 1. The molecule has 14 nitrogen and oxygen atoms in total. The quantitative estimate of drug-likeness (QED) is 0.0897. The summed E-state index contributed by atoms with van der Waals surface area (Å²) in [6.45, 7) is 7.98. The molecule has 2 aromatic heterocycles. The number of ether oxygens (including phenoxy) is 5. The zero-order valence-electron chi connectivity index (χ0n) is 36.8. The second kappa shape index (κ2) is 20.4. The topological polar surface area (TPSA) is 191 Å². The van der Waals surface area contributed by atoms with Crippen LogP contribution in [0.15, 0.2) is 65.5 Å². The standard InChI is InChI=1S/C47H54N4O10S3/c1-25(2)49-33-16-17-39(58-26(33)3)60-38-24-47(63-6,44(55)43-42-29(18-20-48-43)32-22-28(52)14-15-34(32)50-42)27(4)59-45(38)61-37-13-11-9-8-10-12-31-40(37)30(19-21-64(7)62)35(53)23-36(54)41(31)51-46(56)57-5/h8-9,14-15,18-20,22,25-27,33,35,37-40,45,49-50,52-53H,16-17,21,23-24H2,1-7H3,(H,51,56)/b9-8-,30-19-/t26?,27?,33?,35-,37-,38?,39?,40?,45?,47?,64?/m0/s1. The van der Waals surface area contributed by atoms with Crippen LogP contribution < -0.4 is 10.6 Å². The first-order chi connectivity index (χ1) is 30.6. The van der Waals surface area contributed by atoms with Crippen LogP contribution >= 0.6 is 11.8 Å². The lowest BCUT2D eigenvalue weighted by atomic mass is 9.83. The van der Waals surface area contributed by atoms with Gasteiger partial charge in [0.2, 0.25) is 5.78 Å². The van der Waals surface area contributed by atoms with E-state index in [0.717, 1.165) is 22.7 Å². The smallest absolute Gasteiger partial charge is 0.411 e. The predicted octanol–water partition coefficient (Wildman–Crippen LogP) is 5.28. The van der Waals surface area contributed by atoms with E-state index >= 15 is 4.79 Å². The van der Waals surface area contributed by atoms with Crippen molar-refractivity contribution in [1.29, 1.82) is 0 Å². The second-order valence-corrected chi connectivity index (χ2v) is 20.9. The number of pyridine rings is 1. The van der Waals surface area contributed by atoms with Crippen molar-refractivity contribution >= 4 is 71.9 Å². The molecule has 1 amide bonds. The number of allylic oxidation sites excluding steroid dienone is 3. The number of nitrogens with one attached hydrogen (secondary N) is 3. The summed E-state index contributed by atoms with van der Waals surface area (Å²) in [6.07, 6.45) is 4.07. The maximum Gasteiger partial charge on any atom is 0.411 e. The van der Waals surface area contributed by atoms with Gasteiger partial charge in [0.05, 0.1) is 42.6 Å². The number of aliphatic hydroxyl groups is 1. The van der Waals surface area contributed by atoms with E-state index in [1.165, 1.54) is 24.9 Å². The number of hydrogen-bond acceptors (Lipinski definition) is 14. The number of alkyl carbamates (subject to hydrolysis) is 1. The fourth-order valence-electron chi connectivity index (χ4n) is 8.87. The Bertz CT molecular complexity index is 2550. The van der Waals surface area contributed by atoms with Crippen molar-refractivity contribution in [3.8, 4) is 29.4 Å². The molecular formula is C47H54N4O10S3. The largest absolute Gasteiger partial charge is 0.508 e.